The van der Waals surface area contributed by atoms with Gasteiger partial charge in [0, 0.05) is 12.5 Å². The number of carboxylic acids is 1. The van der Waals surface area contributed by atoms with Crippen molar-refractivity contribution in [1.82, 2.24) is 5.32 Å². The second-order valence-electron chi connectivity index (χ2n) is 5.21. The summed E-state index contributed by atoms with van der Waals surface area (Å²) >= 11 is 0. The van der Waals surface area contributed by atoms with E-state index in [2.05, 4.69) is 5.32 Å². The topological polar surface area (TPSA) is 92.4 Å². The zero-order valence-electron chi connectivity index (χ0n) is 11.0. The maximum Gasteiger partial charge on any atom is 0.306 e. The van der Waals surface area contributed by atoms with Gasteiger partial charge in [0.25, 0.3) is 0 Å². The van der Waals surface area contributed by atoms with E-state index in [-0.39, 0.29) is 17.7 Å². The lowest BCUT2D eigenvalue weighted by Crippen LogP contribution is -2.35. The molecule has 3 atom stereocenters. The fourth-order valence-corrected chi connectivity index (χ4v) is 2.54. The van der Waals surface area contributed by atoms with Crippen LogP contribution in [0.2, 0.25) is 0 Å². The van der Waals surface area contributed by atoms with Crippen LogP contribution in [0, 0.1) is 17.8 Å². The van der Waals surface area contributed by atoms with E-state index in [4.69, 9.17) is 10.8 Å². The van der Waals surface area contributed by atoms with Crippen molar-refractivity contribution in [2.45, 2.75) is 39.0 Å². The van der Waals surface area contributed by atoms with Gasteiger partial charge in [-0.05, 0) is 38.1 Å². The smallest absolute Gasteiger partial charge is 0.306 e. The number of rotatable bonds is 7. The Hall–Kier alpha value is -1.10. The first-order valence-electron chi connectivity index (χ1n) is 6.76. The van der Waals surface area contributed by atoms with Crippen LogP contribution >= 0.6 is 0 Å². The summed E-state index contributed by atoms with van der Waals surface area (Å²) in [5.74, 6) is -0.647. The van der Waals surface area contributed by atoms with Crippen molar-refractivity contribution in [3.05, 3.63) is 0 Å². The lowest BCUT2D eigenvalue weighted by molar-refractivity contribution is -0.141. The van der Waals surface area contributed by atoms with E-state index >= 15 is 0 Å². The van der Waals surface area contributed by atoms with Gasteiger partial charge in [-0.1, -0.05) is 13.3 Å². The van der Waals surface area contributed by atoms with Gasteiger partial charge >= 0.3 is 5.97 Å². The molecule has 1 fully saturated rings. The molecule has 0 heterocycles. The van der Waals surface area contributed by atoms with E-state index in [9.17, 15) is 9.59 Å². The van der Waals surface area contributed by atoms with Crippen LogP contribution in [0.15, 0.2) is 0 Å². The average molecular weight is 256 g/mol. The Kier molecular flexibility index (Phi) is 6.12. The van der Waals surface area contributed by atoms with Crippen LogP contribution in [-0.4, -0.2) is 30.1 Å². The summed E-state index contributed by atoms with van der Waals surface area (Å²) in [6.07, 6.45) is 4.36. The Morgan fingerprint density at radius 2 is 2.17 bits per heavy atom. The molecule has 104 valence electrons. The number of hydrogen-bond acceptors (Lipinski definition) is 3. The molecule has 0 aromatic heterocycles. The highest BCUT2D eigenvalue weighted by Gasteiger charge is 2.31. The Labute approximate surface area is 108 Å². The summed E-state index contributed by atoms with van der Waals surface area (Å²) in [7, 11) is 0. The van der Waals surface area contributed by atoms with Gasteiger partial charge in [0.15, 0.2) is 0 Å². The van der Waals surface area contributed by atoms with Gasteiger partial charge in [0.1, 0.15) is 0 Å². The van der Waals surface area contributed by atoms with Crippen molar-refractivity contribution in [2.24, 2.45) is 23.5 Å². The molecule has 0 aromatic carbocycles. The first kappa shape index (κ1) is 15.0. The van der Waals surface area contributed by atoms with Gasteiger partial charge in [-0.2, -0.15) is 0 Å². The minimum atomic E-state index is -0.777. The first-order chi connectivity index (χ1) is 8.56. The van der Waals surface area contributed by atoms with Gasteiger partial charge in [-0.3, -0.25) is 9.59 Å². The van der Waals surface area contributed by atoms with E-state index in [1.807, 2.05) is 0 Å². The maximum absolute atomic E-state index is 11.9. The molecule has 1 amide bonds. The largest absolute Gasteiger partial charge is 0.481 e. The van der Waals surface area contributed by atoms with E-state index in [1.165, 1.54) is 0 Å². The van der Waals surface area contributed by atoms with Crippen LogP contribution in [0.1, 0.15) is 39.0 Å². The molecule has 0 aromatic rings. The molecule has 0 aliphatic heterocycles. The number of nitrogens with one attached hydrogen (secondary N) is 1. The second kappa shape index (κ2) is 7.36. The fraction of sp³-hybridized carbons (Fsp3) is 0.846. The zero-order chi connectivity index (χ0) is 13.5. The molecule has 0 radical (unpaired) electrons. The third-order valence-corrected chi connectivity index (χ3v) is 3.83. The van der Waals surface area contributed by atoms with Crippen LogP contribution in [0.25, 0.3) is 0 Å². The molecule has 4 N–H and O–H groups in total. The SMILES string of the molecule is CC(CCCNC(=O)C1CCCC1CN)C(=O)O. The van der Waals surface area contributed by atoms with Crippen LogP contribution in [0.5, 0.6) is 0 Å². The van der Waals surface area contributed by atoms with Gasteiger partial charge in [0.05, 0.1) is 5.92 Å². The number of carbonyl (C=O) groups excluding carboxylic acids is 1. The van der Waals surface area contributed by atoms with Gasteiger partial charge in [-0.15, -0.1) is 0 Å². The van der Waals surface area contributed by atoms with Gasteiger partial charge < -0.3 is 16.2 Å². The Morgan fingerprint density at radius 1 is 1.44 bits per heavy atom. The predicted molar refractivity (Wildman–Crippen MR) is 68.9 cm³/mol. The molecule has 1 aliphatic carbocycles. The molecule has 1 saturated carbocycles. The third kappa shape index (κ3) is 4.29. The average Bonchev–Trinajstić information content (AvgIpc) is 2.82. The Bertz CT molecular complexity index is 294. The highest BCUT2D eigenvalue weighted by Crippen LogP contribution is 2.30. The second-order valence-corrected chi connectivity index (χ2v) is 5.21. The van der Waals surface area contributed by atoms with Crippen molar-refractivity contribution < 1.29 is 14.7 Å². The van der Waals surface area contributed by atoms with E-state index < -0.39 is 5.97 Å². The normalized spacial score (nSPS) is 24.8. The molecular weight excluding hydrogens is 232 g/mol. The van der Waals surface area contributed by atoms with Gasteiger partial charge in [-0.25, -0.2) is 0 Å². The molecule has 5 heteroatoms. The number of amides is 1. The molecule has 3 unspecified atom stereocenters. The number of aliphatic carboxylic acids is 1. The van der Waals surface area contributed by atoms with Crippen molar-refractivity contribution in [3.63, 3.8) is 0 Å². The number of carboxylic acid groups (broad SMARTS) is 1. The quantitative estimate of drug-likeness (QED) is 0.592. The number of carbonyl (C=O) groups is 2. The molecule has 18 heavy (non-hydrogen) atoms. The molecule has 1 rings (SSSR count). The van der Waals surface area contributed by atoms with Crippen LogP contribution in [-0.2, 0) is 9.59 Å². The van der Waals surface area contributed by atoms with Gasteiger partial charge in [0.2, 0.25) is 5.91 Å². The standard InChI is InChI=1S/C13H24N2O3/c1-9(13(17)18)4-3-7-15-12(16)11-6-2-5-10(11)8-14/h9-11H,2-8,14H2,1H3,(H,15,16)(H,17,18). The van der Waals surface area contributed by atoms with Crippen LogP contribution in [0.3, 0.4) is 0 Å². The van der Waals surface area contributed by atoms with Crippen LogP contribution in [0.4, 0.5) is 0 Å². The molecule has 0 spiro atoms. The molecule has 5 nitrogen and oxygen atoms in total. The summed E-state index contributed by atoms with van der Waals surface area (Å²) in [6, 6.07) is 0. The minimum absolute atomic E-state index is 0.0619. The number of hydrogen-bond donors (Lipinski definition) is 3. The zero-order valence-corrected chi connectivity index (χ0v) is 11.0. The Morgan fingerprint density at radius 3 is 2.78 bits per heavy atom. The molecule has 1 aliphatic rings. The lowest BCUT2D eigenvalue weighted by Gasteiger charge is -2.17. The molecule has 0 bridgehead atoms. The lowest BCUT2D eigenvalue weighted by atomic mass is 9.95. The van der Waals surface area contributed by atoms with Crippen molar-refractivity contribution in [3.8, 4) is 0 Å². The van der Waals surface area contributed by atoms with Crippen molar-refractivity contribution in [1.29, 1.82) is 0 Å². The monoisotopic (exact) mass is 256 g/mol. The predicted octanol–water partition coefficient (Wildman–Crippen LogP) is 0.979. The summed E-state index contributed by atoms with van der Waals surface area (Å²) < 4.78 is 0. The van der Waals surface area contributed by atoms with Crippen molar-refractivity contribution in [2.75, 3.05) is 13.1 Å². The maximum atomic E-state index is 11.9. The minimum Gasteiger partial charge on any atom is -0.481 e. The summed E-state index contributed by atoms with van der Waals surface area (Å²) in [5, 5.41) is 11.6. The third-order valence-electron chi connectivity index (χ3n) is 3.83. The van der Waals surface area contributed by atoms with E-state index in [0.717, 1.165) is 19.3 Å². The highest BCUT2D eigenvalue weighted by atomic mass is 16.4. The number of nitrogens with two attached hydrogens (primary N) is 1. The summed E-state index contributed by atoms with van der Waals surface area (Å²) in [4.78, 5) is 22.5. The fourth-order valence-electron chi connectivity index (χ4n) is 2.54. The van der Waals surface area contributed by atoms with Crippen LogP contribution < -0.4 is 11.1 Å². The summed E-state index contributed by atoms with van der Waals surface area (Å²) in [5.41, 5.74) is 5.64. The van der Waals surface area contributed by atoms with E-state index in [1.54, 1.807) is 6.92 Å². The van der Waals surface area contributed by atoms with Crippen molar-refractivity contribution >= 4 is 11.9 Å². The highest BCUT2D eigenvalue weighted by molar-refractivity contribution is 5.79. The van der Waals surface area contributed by atoms with E-state index in [0.29, 0.717) is 31.8 Å². The Balaban J connectivity index is 2.19. The molecule has 0 saturated heterocycles. The molecular formula is C13H24N2O3. The summed E-state index contributed by atoms with van der Waals surface area (Å²) in [6.45, 7) is 2.82. The first-order valence-corrected chi connectivity index (χ1v) is 6.76.